The van der Waals surface area contributed by atoms with Crippen LogP contribution in [0.25, 0.3) is 5.69 Å². The van der Waals surface area contributed by atoms with Crippen molar-refractivity contribution in [3.63, 3.8) is 0 Å². The molecule has 3 aromatic rings. The van der Waals surface area contributed by atoms with Gasteiger partial charge >= 0.3 is 0 Å². The van der Waals surface area contributed by atoms with Crippen LogP contribution in [-0.2, 0) is 0 Å². The minimum Gasteiger partial charge on any atom is -0.322 e. The van der Waals surface area contributed by atoms with E-state index in [4.69, 9.17) is 23.2 Å². The van der Waals surface area contributed by atoms with Crippen LogP contribution in [0, 0.1) is 0 Å². The first-order chi connectivity index (χ1) is 10.6. The zero-order valence-corrected chi connectivity index (χ0v) is 12.7. The lowest BCUT2D eigenvalue weighted by Gasteiger charge is -2.08. The maximum Gasteiger partial charge on any atom is 0.257 e. The van der Waals surface area contributed by atoms with Crippen molar-refractivity contribution in [3.8, 4) is 5.69 Å². The van der Waals surface area contributed by atoms with E-state index in [1.54, 1.807) is 35.3 Å². The molecule has 0 aliphatic heterocycles. The molecule has 0 aliphatic rings. The average molecular weight is 333 g/mol. The molecule has 1 amide bonds. The van der Waals surface area contributed by atoms with Gasteiger partial charge in [-0.1, -0.05) is 23.2 Å². The van der Waals surface area contributed by atoms with Crippen LogP contribution in [-0.4, -0.2) is 20.7 Å². The number of hydrogen-bond acceptors (Lipinski definition) is 3. The lowest BCUT2D eigenvalue weighted by atomic mass is 10.2. The van der Waals surface area contributed by atoms with Gasteiger partial charge in [-0.2, -0.15) is 5.10 Å². The summed E-state index contributed by atoms with van der Waals surface area (Å²) in [6.07, 6.45) is 3.05. The van der Waals surface area contributed by atoms with Crippen LogP contribution >= 0.6 is 23.2 Å². The van der Waals surface area contributed by atoms with E-state index in [0.29, 0.717) is 21.3 Å². The van der Waals surface area contributed by atoms with Crippen LogP contribution in [0.3, 0.4) is 0 Å². The highest BCUT2D eigenvalue weighted by Crippen LogP contribution is 2.22. The van der Waals surface area contributed by atoms with E-state index >= 15 is 0 Å². The molecule has 3 rings (SSSR count). The smallest absolute Gasteiger partial charge is 0.257 e. The number of hydrogen-bond donors (Lipinski definition) is 1. The Morgan fingerprint density at radius 3 is 2.50 bits per heavy atom. The molecule has 1 N–H and O–H groups in total. The van der Waals surface area contributed by atoms with Crippen molar-refractivity contribution in [2.24, 2.45) is 0 Å². The first-order valence-electron chi connectivity index (χ1n) is 6.35. The van der Waals surface area contributed by atoms with Gasteiger partial charge in [0, 0.05) is 10.7 Å². The predicted molar refractivity (Wildman–Crippen MR) is 85.8 cm³/mol. The lowest BCUT2D eigenvalue weighted by Crippen LogP contribution is -2.12. The molecule has 1 heterocycles. The normalized spacial score (nSPS) is 10.5. The molecule has 22 heavy (non-hydrogen) atoms. The Morgan fingerprint density at radius 1 is 1.09 bits per heavy atom. The largest absolute Gasteiger partial charge is 0.322 e. The monoisotopic (exact) mass is 332 g/mol. The van der Waals surface area contributed by atoms with E-state index < -0.39 is 0 Å². The van der Waals surface area contributed by atoms with Crippen LogP contribution in [0.15, 0.2) is 55.1 Å². The summed E-state index contributed by atoms with van der Waals surface area (Å²) < 4.78 is 1.63. The third-order valence-electron chi connectivity index (χ3n) is 2.98. The summed E-state index contributed by atoms with van der Waals surface area (Å²) in [4.78, 5) is 16.1. The molecule has 0 atom stereocenters. The van der Waals surface area contributed by atoms with Gasteiger partial charge in [-0.05, 0) is 42.5 Å². The van der Waals surface area contributed by atoms with Gasteiger partial charge in [0.2, 0.25) is 0 Å². The van der Waals surface area contributed by atoms with E-state index in [1.165, 1.54) is 12.4 Å². The van der Waals surface area contributed by atoms with Crippen molar-refractivity contribution in [1.29, 1.82) is 0 Å². The first-order valence-corrected chi connectivity index (χ1v) is 7.10. The Bertz CT molecular complexity index is 801. The van der Waals surface area contributed by atoms with E-state index in [2.05, 4.69) is 15.4 Å². The summed E-state index contributed by atoms with van der Waals surface area (Å²) in [7, 11) is 0. The van der Waals surface area contributed by atoms with Gasteiger partial charge in [-0.25, -0.2) is 9.67 Å². The average Bonchev–Trinajstić information content (AvgIpc) is 3.02. The molecule has 0 spiro atoms. The number of rotatable bonds is 3. The minimum atomic E-state index is -0.296. The molecular formula is C15H10Cl2N4O. The summed E-state index contributed by atoms with van der Waals surface area (Å²) >= 11 is 11.8. The van der Waals surface area contributed by atoms with Crippen LogP contribution in [0.2, 0.25) is 10.0 Å². The van der Waals surface area contributed by atoms with E-state index in [9.17, 15) is 4.79 Å². The van der Waals surface area contributed by atoms with Crippen LogP contribution in [0.1, 0.15) is 10.4 Å². The molecule has 7 heteroatoms. The summed E-state index contributed by atoms with van der Waals surface area (Å²) in [5.74, 6) is -0.296. The first kappa shape index (κ1) is 14.6. The number of benzene rings is 2. The van der Waals surface area contributed by atoms with Crippen molar-refractivity contribution >= 4 is 34.8 Å². The molecule has 0 radical (unpaired) electrons. The van der Waals surface area contributed by atoms with Crippen molar-refractivity contribution < 1.29 is 4.79 Å². The standard InChI is InChI=1S/C15H10Cl2N4O/c16-10-1-6-13(14(17)7-10)15(22)20-11-2-4-12(5-3-11)21-9-18-8-19-21/h1-9H,(H,20,22). The van der Waals surface area contributed by atoms with E-state index in [-0.39, 0.29) is 5.91 Å². The van der Waals surface area contributed by atoms with Gasteiger partial charge in [0.1, 0.15) is 12.7 Å². The minimum absolute atomic E-state index is 0.296. The van der Waals surface area contributed by atoms with Gasteiger partial charge in [0.05, 0.1) is 16.3 Å². The molecule has 0 bridgehead atoms. The topological polar surface area (TPSA) is 59.8 Å². The number of aromatic nitrogens is 3. The van der Waals surface area contributed by atoms with E-state index in [1.807, 2.05) is 12.1 Å². The third-order valence-corrected chi connectivity index (χ3v) is 3.53. The maximum atomic E-state index is 12.2. The molecular weight excluding hydrogens is 323 g/mol. The summed E-state index contributed by atoms with van der Waals surface area (Å²) in [5.41, 5.74) is 1.87. The van der Waals surface area contributed by atoms with Gasteiger partial charge in [0.15, 0.2) is 0 Å². The number of nitrogens with one attached hydrogen (secondary N) is 1. The van der Waals surface area contributed by atoms with Crippen molar-refractivity contribution in [2.45, 2.75) is 0 Å². The molecule has 110 valence electrons. The van der Waals surface area contributed by atoms with Gasteiger partial charge in [0.25, 0.3) is 5.91 Å². The summed E-state index contributed by atoms with van der Waals surface area (Å²) in [6.45, 7) is 0. The molecule has 0 saturated carbocycles. The van der Waals surface area contributed by atoms with E-state index in [0.717, 1.165) is 5.69 Å². The molecule has 5 nitrogen and oxygen atoms in total. The zero-order chi connectivity index (χ0) is 15.5. The highest BCUT2D eigenvalue weighted by Gasteiger charge is 2.11. The maximum absolute atomic E-state index is 12.2. The van der Waals surface area contributed by atoms with Crippen molar-refractivity contribution in [2.75, 3.05) is 5.32 Å². The highest BCUT2D eigenvalue weighted by atomic mass is 35.5. The van der Waals surface area contributed by atoms with Gasteiger partial charge < -0.3 is 5.32 Å². The number of halogens is 2. The number of carbonyl (C=O) groups excluding carboxylic acids is 1. The summed E-state index contributed by atoms with van der Waals surface area (Å²) in [6, 6.07) is 11.9. The third kappa shape index (κ3) is 3.10. The number of anilines is 1. The van der Waals surface area contributed by atoms with Crippen LogP contribution < -0.4 is 5.32 Å². The van der Waals surface area contributed by atoms with Crippen LogP contribution in [0.4, 0.5) is 5.69 Å². The Morgan fingerprint density at radius 2 is 1.86 bits per heavy atom. The van der Waals surface area contributed by atoms with Crippen molar-refractivity contribution in [3.05, 3.63) is 70.7 Å². The second-order valence-electron chi connectivity index (χ2n) is 4.47. The highest BCUT2D eigenvalue weighted by molar-refractivity contribution is 6.37. The number of amides is 1. The predicted octanol–water partition coefficient (Wildman–Crippen LogP) is 3.83. The molecule has 1 aromatic heterocycles. The number of carbonyl (C=O) groups is 1. The quantitative estimate of drug-likeness (QED) is 0.792. The lowest BCUT2D eigenvalue weighted by molar-refractivity contribution is 0.102. The molecule has 0 aliphatic carbocycles. The second-order valence-corrected chi connectivity index (χ2v) is 5.31. The Balaban J connectivity index is 1.77. The molecule has 2 aromatic carbocycles. The van der Waals surface area contributed by atoms with Gasteiger partial charge in [-0.15, -0.1) is 0 Å². The number of nitrogens with zero attached hydrogens (tertiary/aromatic N) is 3. The van der Waals surface area contributed by atoms with Gasteiger partial charge in [-0.3, -0.25) is 4.79 Å². The zero-order valence-electron chi connectivity index (χ0n) is 11.2. The fraction of sp³-hybridized carbons (Fsp3) is 0. The SMILES string of the molecule is O=C(Nc1ccc(-n2cncn2)cc1)c1ccc(Cl)cc1Cl. The van der Waals surface area contributed by atoms with Crippen LogP contribution in [0.5, 0.6) is 0 Å². The Hall–Kier alpha value is -2.37. The fourth-order valence-electron chi connectivity index (χ4n) is 1.91. The molecule has 0 fully saturated rings. The Kier molecular flexibility index (Phi) is 4.09. The fourth-order valence-corrected chi connectivity index (χ4v) is 2.41. The summed E-state index contributed by atoms with van der Waals surface area (Å²) in [5, 5.41) is 7.61. The van der Waals surface area contributed by atoms with Crippen molar-refractivity contribution in [1.82, 2.24) is 14.8 Å². The molecule has 0 unspecified atom stereocenters. The Labute approximate surface area is 136 Å². The second kappa shape index (κ2) is 6.17. The molecule has 0 saturated heterocycles.